The van der Waals surface area contributed by atoms with Crippen LogP contribution < -0.4 is 4.72 Å². The minimum atomic E-state index is -3.94. The molecule has 1 fully saturated rings. The minimum Gasteiger partial charge on any atom is -0.446 e. The molecule has 7 nitrogen and oxygen atoms in total. The van der Waals surface area contributed by atoms with Crippen molar-refractivity contribution in [2.45, 2.75) is 50.2 Å². The van der Waals surface area contributed by atoms with Gasteiger partial charge in [-0.2, -0.15) is 4.72 Å². The predicted molar refractivity (Wildman–Crippen MR) is 121 cm³/mol. The molecule has 1 amide bonds. The summed E-state index contributed by atoms with van der Waals surface area (Å²) in [5, 5.41) is 0. The maximum absolute atomic E-state index is 13.2. The van der Waals surface area contributed by atoms with Gasteiger partial charge >= 0.3 is 5.97 Å². The zero-order valence-corrected chi connectivity index (χ0v) is 19.3. The number of piperidine rings is 1. The number of hydrogen-bond donors (Lipinski definition) is 1. The van der Waals surface area contributed by atoms with E-state index >= 15 is 0 Å². The monoisotopic (exact) mass is 458 g/mol. The molecule has 0 spiro atoms. The maximum Gasteiger partial charge on any atom is 0.325 e. The molecule has 8 heteroatoms. The molecule has 1 heterocycles. The lowest BCUT2D eigenvalue weighted by atomic mass is 10.0. The maximum atomic E-state index is 13.2. The number of hydrogen-bond acceptors (Lipinski definition) is 5. The van der Waals surface area contributed by atoms with Crippen LogP contribution in [0.15, 0.2) is 65.6 Å². The highest BCUT2D eigenvalue weighted by molar-refractivity contribution is 7.89. The van der Waals surface area contributed by atoms with Crippen molar-refractivity contribution in [3.05, 3.63) is 66.2 Å². The Morgan fingerprint density at radius 3 is 2.03 bits per heavy atom. The summed E-state index contributed by atoms with van der Waals surface area (Å²) in [5.41, 5.74) is 0.560. The van der Waals surface area contributed by atoms with Crippen LogP contribution in [0.4, 0.5) is 0 Å². The smallest absolute Gasteiger partial charge is 0.325 e. The molecule has 0 aliphatic carbocycles. The van der Waals surface area contributed by atoms with Crippen molar-refractivity contribution in [1.82, 2.24) is 9.62 Å². The molecule has 1 N–H and O–H groups in total. The van der Waals surface area contributed by atoms with E-state index in [1.165, 1.54) is 12.1 Å². The van der Waals surface area contributed by atoms with Crippen LogP contribution in [0.3, 0.4) is 0 Å². The van der Waals surface area contributed by atoms with Crippen molar-refractivity contribution in [2.24, 2.45) is 5.92 Å². The van der Waals surface area contributed by atoms with E-state index in [0.29, 0.717) is 18.7 Å². The van der Waals surface area contributed by atoms with Gasteiger partial charge in [0.2, 0.25) is 16.1 Å². The number of nitrogens with zero attached hydrogens (tertiary/aromatic N) is 1. The van der Waals surface area contributed by atoms with E-state index in [1.54, 1.807) is 61.2 Å². The molecule has 2 aromatic rings. The second-order valence-corrected chi connectivity index (χ2v) is 9.98. The number of ether oxygens (including phenoxy) is 1. The second-order valence-electron chi connectivity index (χ2n) is 8.27. The fraction of sp³-hybridized carbons (Fsp3) is 0.417. The third-order valence-electron chi connectivity index (χ3n) is 5.48. The second kappa shape index (κ2) is 10.7. The van der Waals surface area contributed by atoms with Gasteiger partial charge in [-0.25, -0.2) is 8.42 Å². The normalized spacial score (nSPS) is 16.4. The Morgan fingerprint density at radius 1 is 0.906 bits per heavy atom. The van der Waals surface area contributed by atoms with Crippen LogP contribution in [0, 0.1) is 5.92 Å². The van der Waals surface area contributed by atoms with Gasteiger partial charge in [0.05, 0.1) is 4.90 Å². The van der Waals surface area contributed by atoms with Crippen molar-refractivity contribution in [2.75, 3.05) is 13.1 Å². The van der Waals surface area contributed by atoms with Crippen LogP contribution in [0.2, 0.25) is 0 Å². The summed E-state index contributed by atoms with van der Waals surface area (Å²) in [6.45, 7) is 4.69. The Balaban J connectivity index is 1.83. The van der Waals surface area contributed by atoms with Crippen LogP contribution in [-0.2, 0) is 24.3 Å². The average molecular weight is 459 g/mol. The van der Waals surface area contributed by atoms with Gasteiger partial charge in [0.1, 0.15) is 6.04 Å². The third kappa shape index (κ3) is 5.95. The number of sulfonamides is 1. The first kappa shape index (κ1) is 23.9. The number of carbonyl (C=O) groups is 2. The Kier molecular flexibility index (Phi) is 8.04. The lowest BCUT2D eigenvalue weighted by Crippen LogP contribution is -2.47. The summed E-state index contributed by atoms with van der Waals surface area (Å²) >= 11 is 0. The van der Waals surface area contributed by atoms with E-state index in [0.717, 1.165) is 19.3 Å². The molecule has 172 valence electrons. The van der Waals surface area contributed by atoms with E-state index in [1.807, 2.05) is 6.07 Å². The summed E-state index contributed by atoms with van der Waals surface area (Å²) in [6, 6.07) is 15.5. The molecule has 1 saturated heterocycles. The zero-order chi connectivity index (χ0) is 23.1. The number of amides is 1. The van der Waals surface area contributed by atoms with Gasteiger partial charge < -0.3 is 9.64 Å². The van der Waals surface area contributed by atoms with Gasteiger partial charge in [0.15, 0.2) is 0 Å². The molecule has 32 heavy (non-hydrogen) atoms. The van der Waals surface area contributed by atoms with E-state index in [2.05, 4.69) is 4.72 Å². The topological polar surface area (TPSA) is 92.8 Å². The first-order valence-corrected chi connectivity index (χ1v) is 12.4. The summed E-state index contributed by atoms with van der Waals surface area (Å²) in [4.78, 5) is 28.2. The third-order valence-corrected chi connectivity index (χ3v) is 6.94. The van der Waals surface area contributed by atoms with E-state index in [-0.39, 0.29) is 16.7 Å². The highest BCUT2D eigenvalue weighted by atomic mass is 32.2. The van der Waals surface area contributed by atoms with Crippen molar-refractivity contribution >= 4 is 21.9 Å². The lowest BCUT2D eigenvalue weighted by molar-refractivity contribution is -0.163. The molecule has 0 aromatic heterocycles. The van der Waals surface area contributed by atoms with Crippen molar-refractivity contribution in [3.8, 4) is 0 Å². The molecule has 3 rings (SSSR count). The molecule has 0 saturated carbocycles. The Bertz CT molecular complexity index is 1000. The summed E-state index contributed by atoms with van der Waals surface area (Å²) in [6.07, 6.45) is 1.76. The van der Waals surface area contributed by atoms with Crippen LogP contribution >= 0.6 is 0 Å². The quantitative estimate of drug-likeness (QED) is 0.613. The summed E-state index contributed by atoms with van der Waals surface area (Å²) in [5.74, 6) is -1.45. The molecule has 0 unspecified atom stereocenters. The highest BCUT2D eigenvalue weighted by Gasteiger charge is 2.35. The van der Waals surface area contributed by atoms with E-state index < -0.39 is 28.1 Å². The Labute approximate surface area is 189 Å². The van der Waals surface area contributed by atoms with Crippen LogP contribution in [0.25, 0.3) is 0 Å². The largest absolute Gasteiger partial charge is 0.446 e. The van der Waals surface area contributed by atoms with Gasteiger partial charge in [0.25, 0.3) is 5.91 Å². The number of rotatable bonds is 8. The van der Waals surface area contributed by atoms with Crippen molar-refractivity contribution in [3.63, 3.8) is 0 Å². The number of esters is 1. The fourth-order valence-corrected chi connectivity index (χ4v) is 5.00. The fourth-order valence-electron chi connectivity index (χ4n) is 3.65. The number of nitrogens with one attached hydrogen (secondary N) is 1. The first-order valence-electron chi connectivity index (χ1n) is 10.9. The molecular formula is C24H30N2O5S. The Hall–Kier alpha value is -2.71. The van der Waals surface area contributed by atoms with Gasteiger partial charge in [0, 0.05) is 18.7 Å². The van der Waals surface area contributed by atoms with Crippen molar-refractivity contribution in [1.29, 1.82) is 0 Å². The molecule has 1 aliphatic rings. The molecule has 2 atom stereocenters. The van der Waals surface area contributed by atoms with Crippen LogP contribution in [0.1, 0.15) is 44.8 Å². The molecule has 2 aromatic carbocycles. The SMILES string of the molecule is CC(C)[C@H](NS(=O)(=O)c1ccccc1)C(=O)O[C@H](C(=O)N1CCCCC1)c1ccccc1. The van der Waals surface area contributed by atoms with E-state index in [4.69, 9.17) is 4.74 Å². The molecule has 0 radical (unpaired) electrons. The lowest BCUT2D eigenvalue weighted by Gasteiger charge is -2.31. The van der Waals surface area contributed by atoms with E-state index in [9.17, 15) is 18.0 Å². The Morgan fingerprint density at radius 2 is 1.47 bits per heavy atom. The van der Waals surface area contributed by atoms with Gasteiger partial charge in [-0.1, -0.05) is 62.4 Å². The predicted octanol–water partition coefficient (Wildman–Crippen LogP) is 3.29. The van der Waals surface area contributed by atoms with Crippen LogP contribution in [0.5, 0.6) is 0 Å². The number of likely N-dealkylation sites (tertiary alicyclic amines) is 1. The summed E-state index contributed by atoms with van der Waals surface area (Å²) in [7, 11) is -3.94. The van der Waals surface area contributed by atoms with Gasteiger partial charge in [-0.05, 0) is 37.3 Å². The highest BCUT2D eigenvalue weighted by Crippen LogP contribution is 2.24. The van der Waals surface area contributed by atoms with Gasteiger partial charge in [-0.15, -0.1) is 0 Å². The van der Waals surface area contributed by atoms with Crippen LogP contribution in [-0.4, -0.2) is 44.3 Å². The van der Waals surface area contributed by atoms with Crippen molar-refractivity contribution < 1.29 is 22.7 Å². The molecular weight excluding hydrogens is 428 g/mol. The summed E-state index contributed by atoms with van der Waals surface area (Å²) < 4.78 is 33.7. The number of carbonyl (C=O) groups excluding carboxylic acids is 2. The number of benzene rings is 2. The molecule has 0 bridgehead atoms. The average Bonchev–Trinajstić information content (AvgIpc) is 2.82. The zero-order valence-electron chi connectivity index (χ0n) is 18.4. The minimum absolute atomic E-state index is 0.0578. The first-order chi connectivity index (χ1) is 15.3. The van der Waals surface area contributed by atoms with Gasteiger partial charge in [-0.3, -0.25) is 9.59 Å². The standard InChI is InChI=1S/C24H30N2O5S/c1-18(2)21(25-32(29,30)20-14-8-4-9-15-20)24(28)31-22(19-12-6-3-7-13-19)23(27)26-16-10-5-11-17-26/h3-4,6-9,12-15,18,21-22,25H,5,10-11,16-17H2,1-2H3/t21-,22-/m0/s1. The molecule has 1 aliphatic heterocycles.